The Labute approximate surface area is 161 Å². The number of amides is 1. The van der Waals surface area contributed by atoms with Crippen LogP contribution in [0.1, 0.15) is 5.56 Å². The zero-order valence-electron chi connectivity index (χ0n) is 14.8. The number of carbonyl (C=O) groups is 1. The molecule has 0 radical (unpaired) electrons. The lowest BCUT2D eigenvalue weighted by Gasteiger charge is -2.26. The molecule has 2 aromatic carbocycles. The predicted octanol–water partition coefficient (Wildman–Crippen LogP) is 2.64. The number of morpholine rings is 1. The van der Waals surface area contributed by atoms with Gasteiger partial charge in [0.15, 0.2) is 0 Å². The van der Waals surface area contributed by atoms with Crippen LogP contribution in [0.15, 0.2) is 53.4 Å². The van der Waals surface area contributed by atoms with E-state index in [0.717, 1.165) is 16.4 Å². The maximum Gasteiger partial charge on any atom is 0.248 e. The molecule has 9 heteroatoms. The van der Waals surface area contributed by atoms with E-state index in [2.05, 4.69) is 5.32 Å². The van der Waals surface area contributed by atoms with Gasteiger partial charge in [-0.1, -0.05) is 12.1 Å². The van der Waals surface area contributed by atoms with Crippen LogP contribution >= 0.6 is 0 Å². The Kier molecular flexibility index (Phi) is 6.18. The van der Waals surface area contributed by atoms with Crippen molar-refractivity contribution >= 4 is 27.7 Å². The quantitative estimate of drug-likeness (QED) is 0.772. The summed E-state index contributed by atoms with van der Waals surface area (Å²) in [5, 5.41) is 2.49. The third kappa shape index (κ3) is 4.80. The van der Waals surface area contributed by atoms with Gasteiger partial charge in [0.05, 0.1) is 13.2 Å². The van der Waals surface area contributed by atoms with Crippen LogP contribution in [0.3, 0.4) is 0 Å². The summed E-state index contributed by atoms with van der Waals surface area (Å²) >= 11 is 0. The van der Waals surface area contributed by atoms with E-state index in [1.165, 1.54) is 42.5 Å². The summed E-state index contributed by atoms with van der Waals surface area (Å²) in [7, 11) is -4.04. The minimum absolute atomic E-state index is 0.138. The molecular weight excluding hydrogens is 390 g/mol. The van der Waals surface area contributed by atoms with E-state index in [-0.39, 0.29) is 37.8 Å². The average Bonchev–Trinajstić information content (AvgIpc) is 2.69. The summed E-state index contributed by atoms with van der Waals surface area (Å²) in [5.41, 5.74) is 0.758. The van der Waals surface area contributed by atoms with Crippen molar-refractivity contribution in [2.45, 2.75) is 4.90 Å². The van der Waals surface area contributed by atoms with E-state index in [1.807, 2.05) is 0 Å². The molecule has 0 saturated carbocycles. The molecule has 0 unspecified atom stereocenters. The zero-order chi connectivity index (χ0) is 20.1. The standard InChI is InChI=1S/C19H18F2N2O4S/c20-15-4-1-14(2-5-15)3-8-19(24)22-16-6-7-17(21)18(13-16)28(25,26)23-9-11-27-12-10-23/h1-8,13H,9-12H2,(H,22,24)/b8-3+. The van der Waals surface area contributed by atoms with Gasteiger partial charge in [-0.2, -0.15) is 4.31 Å². The van der Waals surface area contributed by atoms with E-state index < -0.39 is 26.6 Å². The monoisotopic (exact) mass is 408 g/mol. The molecule has 1 saturated heterocycles. The number of rotatable bonds is 5. The number of sulfonamides is 1. The minimum Gasteiger partial charge on any atom is -0.379 e. The van der Waals surface area contributed by atoms with Crippen molar-refractivity contribution in [2.75, 3.05) is 31.6 Å². The van der Waals surface area contributed by atoms with Crippen LogP contribution in [-0.4, -0.2) is 44.9 Å². The number of hydrogen-bond donors (Lipinski definition) is 1. The molecule has 6 nitrogen and oxygen atoms in total. The molecule has 148 valence electrons. The van der Waals surface area contributed by atoms with Crippen molar-refractivity contribution < 1.29 is 26.7 Å². The summed E-state index contributed by atoms with van der Waals surface area (Å²) < 4.78 is 58.6. The molecule has 0 aliphatic carbocycles. The molecule has 3 rings (SSSR count). The highest BCUT2D eigenvalue weighted by Gasteiger charge is 2.29. The molecule has 0 atom stereocenters. The van der Waals surface area contributed by atoms with Gasteiger partial charge in [-0.15, -0.1) is 0 Å². The molecule has 0 bridgehead atoms. The molecular formula is C19H18F2N2O4S. The van der Waals surface area contributed by atoms with E-state index >= 15 is 0 Å². The predicted molar refractivity (Wildman–Crippen MR) is 100 cm³/mol. The van der Waals surface area contributed by atoms with E-state index in [1.54, 1.807) is 0 Å². The second-order valence-electron chi connectivity index (χ2n) is 6.04. The van der Waals surface area contributed by atoms with Crippen molar-refractivity contribution in [3.63, 3.8) is 0 Å². The molecule has 2 aromatic rings. The molecule has 1 aliphatic rings. The number of benzene rings is 2. The Bertz CT molecular complexity index is 985. The van der Waals surface area contributed by atoms with Crippen LogP contribution < -0.4 is 5.32 Å². The average molecular weight is 408 g/mol. The number of anilines is 1. The molecule has 1 fully saturated rings. The van der Waals surface area contributed by atoms with Gasteiger partial charge in [-0.3, -0.25) is 4.79 Å². The normalized spacial score (nSPS) is 15.6. The third-order valence-corrected chi connectivity index (χ3v) is 6.00. The lowest BCUT2D eigenvalue weighted by Crippen LogP contribution is -2.40. The topological polar surface area (TPSA) is 75.7 Å². The lowest BCUT2D eigenvalue weighted by molar-refractivity contribution is -0.111. The van der Waals surface area contributed by atoms with Gasteiger partial charge in [0.2, 0.25) is 15.9 Å². The van der Waals surface area contributed by atoms with Gasteiger partial charge in [0.1, 0.15) is 16.5 Å². The van der Waals surface area contributed by atoms with Crippen LogP contribution in [0.25, 0.3) is 6.08 Å². The van der Waals surface area contributed by atoms with E-state index in [4.69, 9.17) is 4.74 Å². The first-order chi connectivity index (χ1) is 13.4. The van der Waals surface area contributed by atoms with E-state index in [9.17, 15) is 22.0 Å². The largest absolute Gasteiger partial charge is 0.379 e. The summed E-state index contributed by atoms with van der Waals surface area (Å²) in [6.07, 6.45) is 2.69. The number of nitrogens with one attached hydrogen (secondary N) is 1. The molecule has 1 amide bonds. The zero-order valence-corrected chi connectivity index (χ0v) is 15.6. The van der Waals surface area contributed by atoms with Crippen molar-refractivity contribution in [1.82, 2.24) is 4.31 Å². The Hall–Kier alpha value is -2.62. The molecule has 1 heterocycles. The van der Waals surface area contributed by atoms with Gasteiger partial charge in [0.25, 0.3) is 0 Å². The fourth-order valence-electron chi connectivity index (χ4n) is 2.63. The Balaban J connectivity index is 1.75. The first kappa shape index (κ1) is 20.1. The highest BCUT2D eigenvalue weighted by molar-refractivity contribution is 7.89. The Morgan fingerprint density at radius 2 is 1.75 bits per heavy atom. The van der Waals surface area contributed by atoms with Crippen LogP contribution in [-0.2, 0) is 19.6 Å². The van der Waals surface area contributed by atoms with Crippen molar-refractivity contribution in [3.8, 4) is 0 Å². The molecule has 28 heavy (non-hydrogen) atoms. The van der Waals surface area contributed by atoms with Crippen LogP contribution in [0.2, 0.25) is 0 Å². The van der Waals surface area contributed by atoms with Gasteiger partial charge < -0.3 is 10.1 Å². The number of halogens is 2. The van der Waals surface area contributed by atoms with Gasteiger partial charge in [-0.25, -0.2) is 17.2 Å². The maximum atomic E-state index is 14.2. The highest BCUT2D eigenvalue weighted by atomic mass is 32.2. The van der Waals surface area contributed by atoms with Crippen LogP contribution in [0.4, 0.5) is 14.5 Å². The molecule has 0 aromatic heterocycles. The first-order valence-corrected chi connectivity index (χ1v) is 9.92. The second-order valence-corrected chi connectivity index (χ2v) is 7.94. The third-order valence-electron chi connectivity index (χ3n) is 4.08. The van der Waals surface area contributed by atoms with Crippen LogP contribution in [0.5, 0.6) is 0 Å². The number of hydrogen-bond acceptors (Lipinski definition) is 4. The number of nitrogens with zero attached hydrogens (tertiary/aromatic N) is 1. The van der Waals surface area contributed by atoms with Gasteiger partial charge in [0, 0.05) is 24.9 Å². The minimum atomic E-state index is -4.04. The van der Waals surface area contributed by atoms with Gasteiger partial charge in [-0.05, 0) is 42.0 Å². The summed E-state index contributed by atoms with van der Waals surface area (Å²) in [4.78, 5) is 11.6. The Morgan fingerprint density at radius 1 is 1.07 bits per heavy atom. The highest BCUT2D eigenvalue weighted by Crippen LogP contribution is 2.24. The molecule has 1 N–H and O–H groups in total. The SMILES string of the molecule is O=C(/C=C/c1ccc(F)cc1)Nc1ccc(F)c(S(=O)(=O)N2CCOCC2)c1. The van der Waals surface area contributed by atoms with Gasteiger partial charge >= 0.3 is 0 Å². The molecule has 0 spiro atoms. The summed E-state index contributed by atoms with van der Waals surface area (Å²) in [5.74, 6) is -1.82. The van der Waals surface area contributed by atoms with Crippen molar-refractivity contribution in [3.05, 3.63) is 65.7 Å². The summed E-state index contributed by atoms with van der Waals surface area (Å²) in [6.45, 7) is 0.758. The smallest absolute Gasteiger partial charge is 0.248 e. The fourth-order valence-corrected chi connectivity index (χ4v) is 4.13. The lowest BCUT2D eigenvalue weighted by atomic mass is 10.2. The van der Waals surface area contributed by atoms with E-state index in [0.29, 0.717) is 5.56 Å². The maximum absolute atomic E-state index is 14.2. The fraction of sp³-hybridized carbons (Fsp3) is 0.211. The van der Waals surface area contributed by atoms with Crippen molar-refractivity contribution in [2.24, 2.45) is 0 Å². The number of carbonyl (C=O) groups excluding carboxylic acids is 1. The second kappa shape index (κ2) is 8.59. The van der Waals surface area contributed by atoms with Crippen molar-refractivity contribution in [1.29, 1.82) is 0 Å². The number of ether oxygens (including phenoxy) is 1. The molecule has 1 aliphatic heterocycles. The summed E-state index contributed by atoms with van der Waals surface area (Å²) in [6, 6.07) is 8.89. The first-order valence-electron chi connectivity index (χ1n) is 8.48. The Morgan fingerprint density at radius 3 is 2.43 bits per heavy atom. The van der Waals surface area contributed by atoms with Crippen LogP contribution in [0, 0.1) is 11.6 Å².